The molecule has 6 heteroatoms. The van der Waals surface area contributed by atoms with Crippen molar-refractivity contribution < 1.29 is 14.3 Å². The number of hydrogen-bond donors (Lipinski definition) is 2. The first-order valence-electron chi connectivity index (χ1n) is 12.0. The largest absolute Gasteiger partial charge is 0.490 e. The Hall–Kier alpha value is -2.68. The van der Waals surface area contributed by atoms with Crippen molar-refractivity contribution in [3.05, 3.63) is 30.0 Å². The third kappa shape index (κ3) is 4.57. The van der Waals surface area contributed by atoms with E-state index < -0.39 is 0 Å². The summed E-state index contributed by atoms with van der Waals surface area (Å²) in [7, 11) is 0. The van der Waals surface area contributed by atoms with Gasteiger partial charge in [-0.1, -0.05) is 0 Å². The molecular formula is C26H35N3O3. The van der Waals surface area contributed by atoms with Crippen LogP contribution >= 0.6 is 0 Å². The second-order valence-corrected chi connectivity index (χ2v) is 9.82. The van der Waals surface area contributed by atoms with Crippen LogP contribution in [-0.4, -0.2) is 25.2 Å². The number of rotatable bonds is 9. The van der Waals surface area contributed by atoms with Crippen molar-refractivity contribution in [2.75, 3.05) is 18.5 Å². The molecule has 32 heavy (non-hydrogen) atoms. The molecule has 0 radical (unpaired) electrons. The average molecular weight is 438 g/mol. The Morgan fingerprint density at radius 2 is 1.72 bits per heavy atom. The number of nitrogens with one attached hydrogen (secondary N) is 2. The monoisotopic (exact) mass is 437 g/mol. The maximum absolute atomic E-state index is 12.9. The van der Waals surface area contributed by atoms with E-state index in [-0.39, 0.29) is 22.9 Å². The van der Waals surface area contributed by atoms with E-state index in [2.05, 4.69) is 23.6 Å². The maximum atomic E-state index is 12.9. The van der Waals surface area contributed by atoms with Crippen LogP contribution in [0, 0.1) is 34.5 Å². The summed E-state index contributed by atoms with van der Waals surface area (Å²) >= 11 is 0. The minimum Gasteiger partial charge on any atom is -0.490 e. The second kappa shape index (κ2) is 9.44. The summed E-state index contributed by atoms with van der Waals surface area (Å²) in [6.45, 7) is 7.04. The summed E-state index contributed by atoms with van der Waals surface area (Å²) in [5.41, 5.74) is 1.01. The number of amides is 1. The molecule has 0 spiro atoms. The molecule has 4 bridgehead atoms. The highest BCUT2D eigenvalue weighted by molar-refractivity contribution is 5.97. The lowest BCUT2D eigenvalue weighted by molar-refractivity contribution is -0.122. The minimum atomic E-state index is -0.306. The Morgan fingerprint density at radius 3 is 2.28 bits per heavy atom. The predicted molar refractivity (Wildman–Crippen MR) is 124 cm³/mol. The molecule has 0 aromatic heterocycles. The first kappa shape index (κ1) is 22.5. The van der Waals surface area contributed by atoms with Crippen molar-refractivity contribution >= 4 is 11.6 Å². The summed E-state index contributed by atoms with van der Waals surface area (Å²) in [4.78, 5) is 12.9. The Kier molecular flexibility index (Phi) is 6.64. The van der Waals surface area contributed by atoms with Gasteiger partial charge in [0, 0.05) is 24.0 Å². The standard InChI is InChI=1S/C26H35N3O3/c1-4-31-23-7-6-22(11-24(23)32-5-2)28-16-21(15-27)25(30)29-17(3)26-12-18-8-19(13-26)10-20(9-18)14-26/h6-7,11,16-20,28H,4-5,8-10,12-14H2,1-3H3,(H,29,30)/b21-16-. The average Bonchev–Trinajstić information content (AvgIpc) is 2.75. The Morgan fingerprint density at radius 1 is 1.12 bits per heavy atom. The first-order chi connectivity index (χ1) is 15.5. The van der Waals surface area contributed by atoms with Gasteiger partial charge in [-0.25, -0.2) is 0 Å². The van der Waals surface area contributed by atoms with Gasteiger partial charge < -0.3 is 20.1 Å². The van der Waals surface area contributed by atoms with Crippen LogP contribution in [0.1, 0.15) is 59.3 Å². The highest BCUT2D eigenvalue weighted by Crippen LogP contribution is 2.61. The molecule has 1 unspecified atom stereocenters. The van der Waals surface area contributed by atoms with Gasteiger partial charge in [0.1, 0.15) is 11.6 Å². The molecule has 1 aromatic rings. The molecule has 0 heterocycles. The number of anilines is 1. The smallest absolute Gasteiger partial charge is 0.263 e. The lowest BCUT2D eigenvalue weighted by Crippen LogP contribution is -2.56. The molecule has 0 saturated heterocycles. The van der Waals surface area contributed by atoms with E-state index >= 15 is 0 Å². The lowest BCUT2D eigenvalue weighted by atomic mass is 9.48. The lowest BCUT2D eigenvalue weighted by Gasteiger charge is -2.59. The van der Waals surface area contributed by atoms with Crippen molar-refractivity contribution in [3.63, 3.8) is 0 Å². The van der Waals surface area contributed by atoms with E-state index in [1.807, 2.05) is 32.0 Å². The van der Waals surface area contributed by atoms with E-state index in [9.17, 15) is 10.1 Å². The molecular weight excluding hydrogens is 402 g/mol. The van der Waals surface area contributed by atoms with Crippen molar-refractivity contribution in [1.29, 1.82) is 5.26 Å². The van der Waals surface area contributed by atoms with Gasteiger partial charge in [-0.3, -0.25) is 4.79 Å². The Bertz CT molecular complexity index is 882. The van der Waals surface area contributed by atoms with E-state index in [1.54, 1.807) is 0 Å². The van der Waals surface area contributed by atoms with Crippen molar-refractivity contribution in [2.24, 2.45) is 23.2 Å². The molecule has 5 rings (SSSR count). The third-order valence-electron chi connectivity index (χ3n) is 7.64. The van der Waals surface area contributed by atoms with Crippen LogP contribution in [0.4, 0.5) is 5.69 Å². The van der Waals surface area contributed by atoms with Gasteiger partial charge in [0.2, 0.25) is 0 Å². The van der Waals surface area contributed by atoms with Gasteiger partial charge >= 0.3 is 0 Å². The number of benzene rings is 1. The Labute approximate surface area is 191 Å². The summed E-state index contributed by atoms with van der Waals surface area (Å²) in [5.74, 6) is 3.48. The van der Waals surface area contributed by atoms with E-state index in [1.165, 1.54) is 44.7 Å². The number of ether oxygens (including phenoxy) is 2. The number of nitriles is 1. The summed E-state index contributed by atoms with van der Waals surface area (Å²) in [5, 5.41) is 15.9. The van der Waals surface area contributed by atoms with Crippen LogP contribution in [0.3, 0.4) is 0 Å². The number of hydrogen-bond acceptors (Lipinski definition) is 5. The van der Waals surface area contributed by atoms with E-state index in [4.69, 9.17) is 9.47 Å². The van der Waals surface area contributed by atoms with Gasteiger partial charge in [-0.15, -0.1) is 0 Å². The molecule has 1 atom stereocenters. The van der Waals surface area contributed by atoms with Crippen LogP contribution in [0.25, 0.3) is 0 Å². The van der Waals surface area contributed by atoms with Crippen LogP contribution in [0.5, 0.6) is 11.5 Å². The SMILES string of the molecule is CCOc1ccc(N/C=C(/C#N)C(=O)NC(C)C23CC4CC(CC(C4)C2)C3)cc1OCC. The molecule has 6 nitrogen and oxygen atoms in total. The number of carbonyl (C=O) groups excluding carboxylic acids is 1. The molecule has 4 fully saturated rings. The summed E-state index contributed by atoms with van der Waals surface area (Å²) in [6.07, 6.45) is 9.26. The van der Waals surface area contributed by atoms with Crippen LogP contribution in [-0.2, 0) is 4.79 Å². The molecule has 1 aromatic carbocycles. The zero-order valence-electron chi connectivity index (χ0n) is 19.4. The molecule has 1 amide bonds. The van der Waals surface area contributed by atoms with Crippen LogP contribution in [0.15, 0.2) is 30.0 Å². The van der Waals surface area contributed by atoms with Gasteiger partial charge in [0.25, 0.3) is 5.91 Å². The molecule has 2 N–H and O–H groups in total. The van der Waals surface area contributed by atoms with Crippen molar-refractivity contribution in [2.45, 2.75) is 65.3 Å². The van der Waals surface area contributed by atoms with Crippen molar-refractivity contribution in [1.82, 2.24) is 5.32 Å². The summed E-state index contributed by atoms with van der Waals surface area (Å²) in [6, 6.07) is 7.62. The van der Waals surface area contributed by atoms with Gasteiger partial charge in [-0.05, 0) is 94.6 Å². The molecule has 4 aliphatic carbocycles. The number of nitrogens with zero attached hydrogens (tertiary/aromatic N) is 1. The zero-order chi connectivity index (χ0) is 22.7. The van der Waals surface area contributed by atoms with E-state index in [0.717, 1.165) is 23.4 Å². The van der Waals surface area contributed by atoms with Gasteiger partial charge in [0.05, 0.1) is 13.2 Å². The molecule has 172 valence electrons. The highest BCUT2D eigenvalue weighted by Gasteiger charge is 2.53. The minimum absolute atomic E-state index is 0.0772. The third-order valence-corrected chi connectivity index (χ3v) is 7.64. The molecule has 4 aliphatic rings. The fraction of sp³-hybridized carbons (Fsp3) is 0.615. The Balaban J connectivity index is 1.42. The van der Waals surface area contributed by atoms with Gasteiger partial charge in [0.15, 0.2) is 11.5 Å². The zero-order valence-corrected chi connectivity index (χ0v) is 19.4. The van der Waals surface area contributed by atoms with Crippen LogP contribution < -0.4 is 20.1 Å². The maximum Gasteiger partial charge on any atom is 0.263 e. The highest BCUT2D eigenvalue weighted by atomic mass is 16.5. The van der Waals surface area contributed by atoms with Crippen LogP contribution in [0.2, 0.25) is 0 Å². The van der Waals surface area contributed by atoms with E-state index in [0.29, 0.717) is 24.7 Å². The second-order valence-electron chi connectivity index (χ2n) is 9.82. The van der Waals surface area contributed by atoms with Gasteiger partial charge in [-0.2, -0.15) is 5.26 Å². The predicted octanol–water partition coefficient (Wildman–Crippen LogP) is 5.02. The number of carbonyl (C=O) groups is 1. The fourth-order valence-corrected chi connectivity index (χ4v) is 6.58. The molecule has 0 aliphatic heterocycles. The molecule has 4 saturated carbocycles. The summed E-state index contributed by atoms with van der Waals surface area (Å²) < 4.78 is 11.2. The quantitative estimate of drug-likeness (QED) is 0.418. The topological polar surface area (TPSA) is 83.4 Å². The first-order valence-corrected chi connectivity index (χ1v) is 12.0. The van der Waals surface area contributed by atoms with Crippen molar-refractivity contribution in [3.8, 4) is 17.6 Å². The normalized spacial score (nSPS) is 29.2. The fourth-order valence-electron chi connectivity index (χ4n) is 6.58.